The lowest BCUT2D eigenvalue weighted by Gasteiger charge is -2.24. The van der Waals surface area contributed by atoms with E-state index in [0.29, 0.717) is 12.5 Å². The normalized spacial score (nSPS) is 21.1. The molecule has 0 aliphatic carbocycles. The van der Waals surface area contributed by atoms with Gasteiger partial charge < -0.3 is 9.47 Å². The number of amides is 1. The van der Waals surface area contributed by atoms with E-state index in [9.17, 15) is 4.79 Å². The maximum atomic E-state index is 12.5. The molecule has 0 radical (unpaired) electrons. The van der Waals surface area contributed by atoms with Crippen LogP contribution in [0.2, 0.25) is 0 Å². The number of rotatable bonds is 7. The summed E-state index contributed by atoms with van der Waals surface area (Å²) in [7, 11) is 0. The average molecular weight is 329 g/mol. The van der Waals surface area contributed by atoms with Crippen LogP contribution in [0.25, 0.3) is 0 Å². The number of carbonyl (C=O) groups is 1. The van der Waals surface area contributed by atoms with E-state index in [1.165, 1.54) is 0 Å². The number of hydrogen-bond donors (Lipinski definition) is 0. The zero-order valence-electron chi connectivity index (χ0n) is 15.0. The summed E-state index contributed by atoms with van der Waals surface area (Å²) in [6.07, 6.45) is 2.07. The molecule has 1 aromatic carbocycles. The van der Waals surface area contributed by atoms with Crippen LogP contribution in [0.5, 0.6) is 0 Å². The largest absolute Gasteiger partial charge is 0.479 e. The molecule has 1 saturated heterocycles. The van der Waals surface area contributed by atoms with Crippen molar-refractivity contribution in [3.63, 3.8) is 0 Å². The molecule has 130 valence electrons. The summed E-state index contributed by atoms with van der Waals surface area (Å²) in [6, 6.07) is 9.68. The van der Waals surface area contributed by atoms with Crippen molar-refractivity contribution in [2.45, 2.75) is 46.3 Å². The van der Waals surface area contributed by atoms with Crippen LogP contribution in [-0.2, 0) is 9.47 Å². The van der Waals surface area contributed by atoms with E-state index < -0.39 is 0 Å². The Balaban J connectivity index is 2.19. The van der Waals surface area contributed by atoms with E-state index in [2.05, 4.69) is 20.4 Å². The Morgan fingerprint density at radius 3 is 2.62 bits per heavy atom. The first-order valence-electron chi connectivity index (χ1n) is 8.44. The van der Waals surface area contributed by atoms with Gasteiger partial charge in [-0.2, -0.15) is 0 Å². The van der Waals surface area contributed by atoms with Gasteiger partial charge in [-0.3, -0.25) is 0 Å². The second-order valence-corrected chi connectivity index (χ2v) is 6.63. The molecule has 2 atom stereocenters. The van der Waals surface area contributed by atoms with E-state index in [1.54, 1.807) is 4.90 Å². The fourth-order valence-corrected chi connectivity index (χ4v) is 2.66. The molecule has 4 nitrogen and oxygen atoms in total. The smallest absolute Gasteiger partial charge is 0.417 e. The minimum absolute atomic E-state index is 0.130. The third-order valence-electron chi connectivity index (χ3n) is 3.89. The lowest BCUT2D eigenvalue weighted by atomic mass is 10.0. The third-order valence-corrected chi connectivity index (χ3v) is 3.89. The first kappa shape index (κ1) is 18.1. The Morgan fingerprint density at radius 1 is 1.38 bits per heavy atom. The molecule has 1 aromatic rings. The summed E-state index contributed by atoms with van der Waals surface area (Å²) in [5, 5.41) is 0. The van der Waals surface area contributed by atoms with Gasteiger partial charge >= 0.3 is 6.09 Å². The van der Waals surface area contributed by atoms with Crippen LogP contribution in [0.4, 0.5) is 4.79 Å². The zero-order valence-corrected chi connectivity index (χ0v) is 15.0. The first-order chi connectivity index (χ1) is 11.4. The Hall–Kier alpha value is -2.23. The van der Waals surface area contributed by atoms with Crippen molar-refractivity contribution in [2.24, 2.45) is 5.92 Å². The Morgan fingerprint density at radius 2 is 2.04 bits per heavy atom. The standard InChI is InChI=1S/C20H27NO3/c1-14(2)11-12-23-18(13-15(3)4)21-16(5)19(24-20(21)22)17-9-7-6-8-10-17/h6-10,13,15-16,19H,1,11-12H2,2-5H3/b18-13-/t16-,19-/m1/s1. The van der Waals surface area contributed by atoms with Gasteiger partial charge in [0.05, 0.1) is 12.6 Å². The molecular formula is C20H27NO3. The van der Waals surface area contributed by atoms with Gasteiger partial charge in [-0.15, -0.1) is 6.58 Å². The van der Waals surface area contributed by atoms with Crippen molar-refractivity contribution in [1.29, 1.82) is 0 Å². The predicted octanol–water partition coefficient (Wildman–Crippen LogP) is 5.05. The van der Waals surface area contributed by atoms with Crippen molar-refractivity contribution in [3.05, 3.63) is 60.0 Å². The van der Waals surface area contributed by atoms with Gasteiger partial charge in [-0.25, -0.2) is 9.69 Å². The fraction of sp³-hybridized carbons (Fsp3) is 0.450. The number of nitrogens with zero attached hydrogens (tertiary/aromatic N) is 1. The van der Waals surface area contributed by atoms with Crippen molar-refractivity contribution in [2.75, 3.05) is 6.61 Å². The summed E-state index contributed by atoms with van der Waals surface area (Å²) in [6.45, 7) is 12.5. The molecule has 0 aromatic heterocycles. The SMILES string of the molecule is C=C(C)CCO/C(=C\C(C)C)N1C(=O)O[C@@H](c2ccccc2)[C@H]1C. The maximum Gasteiger partial charge on any atom is 0.417 e. The molecule has 0 bridgehead atoms. The van der Waals surface area contributed by atoms with E-state index in [-0.39, 0.29) is 24.2 Å². The van der Waals surface area contributed by atoms with E-state index in [1.807, 2.05) is 50.3 Å². The van der Waals surface area contributed by atoms with Gasteiger partial charge in [-0.05, 0) is 31.4 Å². The highest BCUT2D eigenvalue weighted by Crippen LogP contribution is 2.35. The van der Waals surface area contributed by atoms with Crippen LogP contribution in [-0.4, -0.2) is 23.6 Å². The van der Waals surface area contributed by atoms with Gasteiger partial charge in [0.2, 0.25) is 0 Å². The van der Waals surface area contributed by atoms with Crippen molar-refractivity contribution >= 4 is 6.09 Å². The number of allylic oxidation sites excluding steroid dienone is 1. The maximum absolute atomic E-state index is 12.5. The van der Waals surface area contributed by atoms with E-state index in [0.717, 1.165) is 17.6 Å². The molecule has 0 spiro atoms. The van der Waals surface area contributed by atoms with Crippen LogP contribution in [0.1, 0.15) is 45.8 Å². The second-order valence-electron chi connectivity index (χ2n) is 6.63. The van der Waals surface area contributed by atoms with Crippen molar-refractivity contribution in [3.8, 4) is 0 Å². The predicted molar refractivity (Wildman–Crippen MR) is 95.3 cm³/mol. The van der Waals surface area contributed by atoms with Crippen LogP contribution in [0, 0.1) is 5.92 Å². The molecule has 1 aliphatic heterocycles. The van der Waals surface area contributed by atoms with Gasteiger partial charge in [0, 0.05) is 6.42 Å². The topological polar surface area (TPSA) is 38.8 Å². The van der Waals surface area contributed by atoms with Gasteiger partial charge in [0.1, 0.15) is 6.10 Å². The molecule has 4 heteroatoms. The highest BCUT2D eigenvalue weighted by molar-refractivity contribution is 5.73. The molecule has 24 heavy (non-hydrogen) atoms. The van der Waals surface area contributed by atoms with Crippen LogP contribution in [0.15, 0.2) is 54.4 Å². The minimum atomic E-state index is -0.362. The Bertz CT molecular complexity index is 607. The number of carbonyl (C=O) groups excluding carboxylic acids is 1. The number of benzene rings is 1. The monoisotopic (exact) mass is 329 g/mol. The van der Waals surface area contributed by atoms with Crippen molar-refractivity contribution < 1.29 is 14.3 Å². The highest BCUT2D eigenvalue weighted by Gasteiger charge is 2.42. The zero-order chi connectivity index (χ0) is 17.7. The minimum Gasteiger partial charge on any atom is -0.479 e. The Labute approximate surface area is 144 Å². The summed E-state index contributed by atoms with van der Waals surface area (Å²) < 4.78 is 11.5. The highest BCUT2D eigenvalue weighted by atomic mass is 16.6. The van der Waals surface area contributed by atoms with Gasteiger partial charge in [0.15, 0.2) is 5.88 Å². The summed E-state index contributed by atoms with van der Waals surface area (Å²) in [5.41, 5.74) is 2.05. The van der Waals surface area contributed by atoms with Crippen LogP contribution in [0.3, 0.4) is 0 Å². The summed E-state index contributed by atoms with van der Waals surface area (Å²) >= 11 is 0. The summed E-state index contributed by atoms with van der Waals surface area (Å²) in [5.74, 6) is 0.836. The molecule has 1 aliphatic rings. The first-order valence-corrected chi connectivity index (χ1v) is 8.44. The van der Waals surface area contributed by atoms with Gasteiger partial charge in [-0.1, -0.05) is 49.8 Å². The quantitative estimate of drug-likeness (QED) is 0.519. The van der Waals surface area contributed by atoms with Crippen LogP contribution >= 0.6 is 0 Å². The molecule has 1 fully saturated rings. The molecule has 0 saturated carbocycles. The molecule has 0 N–H and O–H groups in total. The Kier molecular flexibility index (Phi) is 6.07. The summed E-state index contributed by atoms with van der Waals surface area (Å²) in [4.78, 5) is 14.1. The van der Waals surface area contributed by atoms with Crippen LogP contribution < -0.4 is 0 Å². The third kappa shape index (κ3) is 4.40. The molecule has 1 amide bonds. The van der Waals surface area contributed by atoms with E-state index >= 15 is 0 Å². The molecule has 0 unspecified atom stereocenters. The van der Waals surface area contributed by atoms with Gasteiger partial charge in [0.25, 0.3) is 0 Å². The molecular weight excluding hydrogens is 302 g/mol. The fourth-order valence-electron chi connectivity index (χ4n) is 2.66. The number of hydrogen-bond acceptors (Lipinski definition) is 3. The lowest BCUT2D eigenvalue weighted by molar-refractivity contribution is 0.110. The molecule has 1 heterocycles. The lowest BCUT2D eigenvalue weighted by Crippen LogP contribution is -2.33. The molecule has 2 rings (SSSR count). The average Bonchev–Trinajstić information content (AvgIpc) is 2.81. The number of ether oxygens (including phenoxy) is 2. The number of cyclic esters (lactones) is 1. The second kappa shape index (κ2) is 8.04. The van der Waals surface area contributed by atoms with Crippen molar-refractivity contribution in [1.82, 2.24) is 4.90 Å². The van der Waals surface area contributed by atoms with E-state index in [4.69, 9.17) is 9.47 Å².